The summed E-state index contributed by atoms with van der Waals surface area (Å²) >= 11 is 0. The number of carboxylic acid groups (broad SMARTS) is 1. The molecule has 0 fully saturated rings. The predicted molar refractivity (Wildman–Crippen MR) is 86.3 cm³/mol. The van der Waals surface area contributed by atoms with Crippen LogP contribution in [0, 0.1) is 13.8 Å². The van der Waals surface area contributed by atoms with Crippen molar-refractivity contribution in [3.63, 3.8) is 0 Å². The van der Waals surface area contributed by atoms with Gasteiger partial charge in [-0.1, -0.05) is 30.3 Å². The number of nitrogens with zero attached hydrogens (tertiary/aromatic N) is 1. The monoisotopic (exact) mass is 297 g/mol. The van der Waals surface area contributed by atoms with Crippen molar-refractivity contribution in [2.24, 2.45) is 0 Å². The Labute approximate surface area is 130 Å². The Kier molecular flexibility index (Phi) is 4.94. The Bertz CT molecular complexity index is 680. The van der Waals surface area contributed by atoms with Crippen LogP contribution in [-0.2, 0) is 4.79 Å². The lowest BCUT2D eigenvalue weighted by Crippen LogP contribution is -2.33. The first kappa shape index (κ1) is 15.8. The van der Waals surface area contributed by atoms with Crippen molar-refractivity contribution in [1.82, 2.24) is 0 Å². The maximum Gasteiger partial charge on any atom is 0.305 e. The average Bonchev–Trinajstić information content (AvgIpc) is 2.51. The first-order valence-corrected chi connectivity index (χ1v) is 7.15. The molecule has 2 aromatic carbocycles. The number of amides is 1. The number of benzene rings is 2. The van der Waals surface area contributed by atoms with Crippen molar-refractivity contribution in [3.05, 3.63) is 65.2 Å². The van der Waals surface area contributed by atoms with Crippen LogP contribution in [0.25, 0.3) is 0 Å². The van der Waals surface area contributed by atoms with Gasteiger partial charge in [0, 0.05) is 17.8 Å². The number of anilines is 1. The number of rotatable bonds is 5. The Hall–Kier alpha value is -2.62. The van der Waals surface area contributed by atoms with Gasteiger partial charge in [0.05, 0.1) is 6.42 Å². The Morgan fingerprint density at radius 2 is 1.73 bits per heavy atom. The normalized spacial score (nSPS) is 10.3. The van der Waals surface area contributed by atoms with Crippen molar-refractivity contribution in [2.45, 2.75) is 20.3 Å². The van der Waals surface area contributed by atoms with E-state index in [1.165, 1.54) is 0 Å². The molecule has 2 rings (SSSR count). The molecule has 22 heavy (non-hydrogen) atoms. The molecule has 0 aliphatic heterocycles. The van der Waals surface area contributed by atoms with E-state index in [4.69, 9.17) is 5.11 Å². The zero-order valence-corrected chi connectivity index (χ0v) is 12.7. The lowest BCUT2D eigenvalue weighted by atomic mass is 10.1. The number of hydrogen-bond donors (Lipinski definition) is 1. The highest BCUT2D eigenvalue weighted by molar-refractivity contribution is 6.06. The molecule has 0 spiro atoms. The first-order chi connectivity index (χ1) is 10.5. The molecule has 0 bridgehead atoms. The number of carbonyl (C=O) groups excluding carboxylic acids is 1. The summed E-state index contributed by atoms with van der Waals surface area (Å²) in [5.74, 6) is -1.10. The second-order valence-electron chi connectivity index (χ2n) is 5.26. The summed E-state index contributed by atoms with van der Waals surface area (Å²) in [6.45, 7) is 4.01. The summed E-state index contributed by atoms with van der Waals surface area (Å²) in [5, 5.41) is 8.95. The fourth-order valence-corrected chi connectivity index (χ4v) is 2.29. The SMILES string of the molecule is Cc1ccc(C)c(N(CCC(=O)O)C(=O)c2ccccc2)c1. The molecular formula is C18H19NO3. The number of hydrogen-bond acceptors (Lipinski definition) is 2. The molecule has 0 atom stereocenters. The van der Waals surface area contributed by atoms with E-state index in [9.17, 15) is 9.59 Å². The standard InChI is InChI=1S/C18H19NO3/c1-13-8-9-14(2)16(12-13)19(11-10-17(20)21)18(22)15-6-4-3-5-7-15/h3-9,12H,10-11H2,1-2H3,(H,20,21). The van der Waals surface area contributed by atoms with Gasteiger partial charge < -0.3 is 10.0 Å². The Morgan fingerprint density at radius 1 is 1.05 bits per heavy atom. The minimum absolute atomic E-state index is 0.0913. The highest BCUT2D eigenvalue weighted by Gasteiger charge is 2.20. The molecule has 0 aromatic heterocycles. The molecule has 0 aliphatic rings. The predicted octanol–water partition coefficient (Wildman–Crippen LogP) is 3.42. The van der Waals surface area contributed by atoms with Crippen LogP contribution < -0.4 is 4.90 Å². The van der Waals surface area contributed by atoms with E-state index in [1.54, 1.807) is 29.2 Å². The van der Waals surface area contributed by atoms with Gasteiger partial charge in [0.1, 0.15) is 0 Å². The second-order valence-corrected chi connectivity index (χ2v) is 5.26. The Morgan fingerprint density at radius 3 is 2.36 bits per heavy atom. The van der Waals surface area contributed by atoms with Gasteiger partial charge in [0.2, 0.25) is 0 Å². The molecule has 0 radical (unpaired) electrons. The van der Waals surface area contributed by atoms with Crippen molar-refractivity contribution >= 4 is 17.6 Å². The van der Waals surface area contributed by atoms with Crippen molar-refractivity contribution in [1.29, 1.82) is 0 Å². The molecule has 0 saturated carbocycles. The van der Waals surface area contributed by atoms with E-state index in [1.807, 2.05) is 38.1 Å². The van der Waals surface area contributed by atoms with Crippen LogP contribution in [0.1, 0.15) is 27.9 Å². The summed E-state index contributed by atoms with van der Waals surface area (Å²) < 4.78 is 0. The maximum absolute atomic E-state index is 12.8. The number of aliphatic carboxylic acids is 1. The first-order valence-electron chi connectivity index (χ1n) is 7.15. The van der Waals surface area contributed by atoms with E-state index in [0.29, 0.717) is 5.56 Å². The minimum Gasteiger partial charge on any atom is -0.481 e. The summed E-state index contributed by atoms with van der Waals surface area (Å²) in [7, 11) is 0. The van der Waals surface area contributed by atoms with Crippen LogP contribution in [0.2, 0.25) is 0 Å². The number of carboxylic acids is 1. The molecular weight excluding hydrogens is 278 g/mol. The van der Waals surface area contributed by atoms with Gasteiger partial charge in [-0.15, -0.1) is 0 Å². The van der Waals surface area contributed by atoms with Gasteiger partial charge in [-0.3, -0.25) is 9.59 Å². The summed E-state index contributed by atoms with van der Waals surface area (Å²) in [6.07, 6.45) is -0.0913. The largest absolute Gasteiger partial charge is 0.481 e. The fourth-order valence-electron chi connectivity index (χ4n) is 2.29. The van der Waals surface area contributed by atoms with Gasteiger partial charge in [0.15, 0.2) is 0 Å². The summed E-state index contributed by atoms with van der Waals surface area (Å²) in [4.78, 5) is 25.2. The molecule has 4 nitrogen and oxygen atoms in total. The van der Waals surface area contributed by atoms with Gasteiger partial charge >= 0.3 is 5.97 Å². The third-order valence-electron chi connectivity index (χ3n) is 3.47. The molecule has 0 unspecified atom stereocenters. The minimum atomic E-state index is -0.920. The second kappa shape index (κ2) is 6.89. The highest BCUT2D eigenvalue weighted by Crippen LogP contribution is 2.23. The van der Waals surface area contributed by atoms with Crippen LogP contribution in [0.3, 0.4) is 0 Å². The smallest absolute Gasteiger partial charge is 0.305 e. The quantitative estimate of drug-likeness (QED) is 0.920. The van der Waals surface area contributed by atoms with E-state index in [0.717, 1.165) is 16.8 Å². The van der Waals surface area contributed by atoms with E-state index < -0.39 is 5.97 Å². The third kappa shape index (κ3) is 3.73. The number of carbonyl (C=O) groups is 2. The summed E-state index contributed by atoms with van der Waals surface area (Å²) in [5.41, 5.74) is 3.28. The lowest BCUT2D eigenvalue weighted by Gasteiger charge is -2.24. The van der Waals surface area contributed by atoms with Gasteiger partial charge in [0.25, 0.3) is 5.91 Å². The Balaban J connectivity index is 2.40. The molecule has 1 N–H and O–H groups in total. The molecule has 2 aromatic rings. The fraction of sp³-hybridized carbons (Fsp3) is 0.222. The molecule has 114 valence electrons. The van der Waals surface area contributed by atoms with Crippen molar-refractivity contribution in [3.8, 4) is 0 Å². The highest BCUT2D eigenvalue weighted by atomic mass is 16.4. The van der Waals surface area contributed by atoms with Gasteiger partial charge in [-0.05, 0) is 43.2 Å². The molecule has 0 aliphatic carbocycles. The van der Waals surface area contributed by atoms with Gasteiger partial charge in [-0.2, -0.15) is 0 Å². The van der Waals surface area contributed by atoms with Crippen LogP contribution in [0.4, 0.5) is 5.69 Å². The molecule has 0 heterocycles. The van der Waals surface area contributed by atoms with E-state index in [-0.39, 0.29) is 18.9 Å². The number of aryl methyl sites for hydroxylation is 2. The van der Waals surface area contributed by atoms with Crippen LogP contribution in [0.15, 0.2) is 48.5 Å². The van der Waals surface area contributed by atoms with E-state index >= 15 is 0 Å². The van der Waals surface area contributed by atoms with Crippen LogP contribution >= 0.6 is 0 Å². The van der Waals surface area contributed by atoms with Crippen LogP contribution in [-0.4, -0.2) is 23.5 Å². The topological polar surface area (TPSA) is 57.6 Å². The molecule has 1 amide bonds. The zero-order chi connectivity index (χ0) is 16.1. The lowest BCUT2D eigenvalue weighted by molar-refractivity contribution is -0.136. The third-order valence-corrected chi connectivity index (χ3v) is 3.47. The van der Waals surface area contributed by atoms with Crippen molar-refractivity contribution < 1.29 is 14.7 Å². The van der Waals surface area contributed by atoms with Crippen molar-refractivity contribution in [2.75, 3.05) is 11.4 Å². The van der Waals surface area contributed by atoms with Gasteiger partial charge in [-0.25, -0.2) is 0 Å². The molecule has 0 saturated heterocycles. The average molecular weight is 297 g/mol. The van der Waals surface area contributed by atoms with Crippen LogP contribution in [0.5, 0.6) is 0 Å². The van der Waals surface area contributed by atoms with E-state index in [2.05, 4.69) is 0 Å². The summed E-state index contributed by atoms with van der Waals surface area (Å²) in [6, 6.07) is 14.7. The zero-order valence-electron chi connectivity index (χ0n) is 12.7. The molecule has 4 heteroatoms. The maximum atomic E-state index is 12.8.